The van der Waals surface area contributed by atoms with Crippen molar-refractivity contribution < 1.29 is 9.53 Å². The first-order chi connectivity index (χ1) is 15.4. The average molecular weight is 438 g/mol. The molecule has 7 nitrogen and oxygen atoms in total. The number of aryl methyl sites for hydroxylation is 1. The second-order valence-corrected chi connectivity index (χ2v) is 8.98. The highest BCUT2D eigenvalue weighted by Crippen LogP contribution is 2.30. The van der Waals surface area contributed by atoms with Crippen LogP contribution < -0.4 is 19.9 Å². The summed E-state index contributed by atoms with van der Waals surface area (Å²) in [4.78, 5) is 21.7. The molecule has 2 aliphatic rings. The molecule has 1 N–H and O–H groups in total. The summed E-state index contributed by atoms with van der Waals surface area (Å²) in [6.45, 7) is 7.14. The van der Waals surface area contributed by atoms with Gasteiger partial charge in [-0.15, -0.1) is 0 Å². The van der Waals surface area contributed by atoms with E-state index in [9.17, 15) is 4.79 Å². The molecule has 0 aliphatic carbocycles. The summed E-state index contributed by atoms with van der Waals surface area (Å²) in [6, 6.07) is 15.0. The van der Waals surface area contributed by atoms with Crippen molar-refractivity contribution in [3.63, 3.8) is 0 Å². The number of likely N-dealkylation sites (N-methyl/N-ethyl adjacent to an activating group) is 1. The van der Waals surface area contributed by atoms with Gasteiger partial charge in [-0.3, -0.25) is 0 Å². The highest BCUT2D eigenvalue weighted by molar-refractivity contribution is 5.89. The Hall–Kier alpha value is -2.93. The fourth-order valence-corrected chi connectivity index (χ4v) is 4.55. The Balaban J connectivity index is 1.30. The van der Waals surface area contributed by atoms with E-state index >= 15 is 0 Å². The molecule has 0 aromatic heterocycles. The van der Waals surface area contributed by atoms with Crippen LogP contribution in [0.4, 0.5) is 21.9 Å². The predicted octanol–water partition coefficient (Wildman–Crippen LogP) is 3.50. The highest BCUT2D eigenvalue weighted by atomic mass is 16.5. The molecule has 2 amide bonds. The van der Waals surface area contributed by atoms with Crippen LogP contribution in [-0.4, -0.2) is 82.3 Å². The van der Waals surface area contributed by atoms with Gasteiger partial charge < -0.3 is 29.7 Å². The van der Waals surface area contributed by atoms with Gasteiger partial charge in [-0.2, -0.15) is 0 Å². The lowest BCUT2D eigenvalue weighted by atomic mass is 10.1. The molecule has 1 atom stereocenters. The maximum Gasteiger partial charge on any atom is 0.321 e. The standard InChI is InChI=1S/C25H35N5O2/c1-19-5-10-24(32-4)23(17-19)28-13-15-29(16-14-28)25(31)26-20-6-8-21(9-7-20)30-12-11-22(18-30)27(2)3/h5-10,17,22H,11-16,18H2,1-4H3,(H,26,31). The molecule has 2 aromatic carbocycles. The Morgan fingerprint density at radius 2 is 1.72 bits per heavy atom. The quantitative estimate of drug-likeness (QED) is 0.776. The summed E-state index contributed by atoms with van der Waals surface area (Å²) in [5.41, 5.74) is 4.36. The van der Waals surface area contributed by atoms with Crippen molar-refractivity contribution in [3.05, 3.63) is 48.0 Å². The molecule has 2 saturated heterocycles. The van der Waals surface area contributed by atoms with Crippen LogP contribution in [0.2, 0.25) is 0 Å². The molecule has 2 aliphatic heterocycles. The van der Waals surface area contributed by atoms with Crippen LogP contribution in [0.25, 0.3) is 0 Å². The van der Waals surface area contributed by atoms with Crippen molar-refractivity contribution in [1.82, 2.24) is 9.80 Å². The predicted molar refractivity (Wildman–Crippen MR) is 131 cm³/mol. The second kappa shape index (κ2) is 9.69. The normalized spacial score (nSPS) is 18.9. The minimum Gasteiger partial charge on any atom is -0.495 e. The van der Waals surface area contributed by atoms with Crippen LogP contribution >= 0.6 is 0 Å². The van der Waals surface area contributed by atoms with Gasteiger partial charge in [0, 0.05) is 56.7 Å². The van der Waals surface area contributed by atoms with Crippen molar-refractivity contribution in [2.75, 3.05) is 75.6 Å². The number of anilines is 3. The Morgan fingerprint density at radius 3 is 2.34 bits per heavy atom. The van der Waals surface area contributed by atoms with Gasteiger partial charge >= 0.3 is 6.03 Å². The van der Waals surface area contributed by atoms with Gasteiger partial charge in [0.1, 0.15) is 5.75 Å². The van der Waals surface area contributed by atoms with E-state index in [4.69, 9.17) is 4.74 Å². The van der Waals surface area contributed by atoms with Crippen molar-refractivity contribution in [1.29, 1.82) is 0 Å². The topological polar surface area (TPSA) is 51.3 Å². The first-order valence-electron chi connectivity index (χ1n) is 11.4. The molecule has 0 radical (unpaired) electrons. The van der Waals surface area contributed by atoms with E-state index in [1.165, 1.54) is 17.7 Å². The van der Waals surface area contributed by atoms with E-state index in [1.54, 1.807) is 7.11 Å². The van der Waals surface area contributed by atoms with Gasteiger partial charge in [0.15, 0.2) is 0 Å². The summed E-state index contributed by atoms with van der Waals surface area (Å²) in [5, 5.41) is 3.06. The van der Waals surface area contributed by atoms with Crippen LogP contribution in [0.5, 0.6) is 5.75 Å². The molecular weight excluding hydrogens is 402 g/mol. The van der Waals surface area contributed by atoms with E-state index in [0.717, 1.165) is 43.3 Å². The summed E-state index contributed by atoms with van der Waals surface area (Å²) < 4.78 is 5.53. The molecule has 32 heavy (non-hydrogen) atoms. The lowest BCUT2D eigenvalue weighted by Gasteiger charge is -2.36. The number of hydrogen-bond donors (Lipinski definition) is 1. The third-order valence-electron chi connectivity index (χ3n) is 6.62. The third-order valence-corrected chi connectivity index (χ3v) is 6.62. The number of rotatable bonds is 5. The van der Waals surface area contributed by atoms with E-state index in [0.29, 0.717) is 19.1 Å². The van der Waals surface area contributed by atoms with E-state index < -0.39 is 0 Å². The molecule has 7 heteroatoms. The molecule has 172 valence electrons. The van der Waals surface area contributed by atoms with E-state index in [1.807, 2.05) is 23.1 Å². The molecule has 0 bridgehead atoms. The minimum atomic E-state index is -0.0394. The highest BCUT2D eigenvalue weighted by Gasteiger charge is 2.25. The van der Waals surface area contributed by atoms with E-state index in [2.05, 4.69) is 65.3 Å². The SMILES string of the molecule is COc1ccc(C)cc1N1CCN(C(=O)Nc2ccc(N3CCC(N(C)C)C3)cc2)CC1. The number of urea groups is 1. The molecule has 0 spiro atoms. The van der Waals surface area contributed by atoms with Crippen LogP contribution in [0.1, 0.15) is 12.0 Å². The third kappa shape index (κ3) is 4.93. The molecule has 4 rings (SSSR count). The minimum absolute atomic E-state index is 0.0394. The van der Waals surface area contributed by atoms with Crippen molar-refractivity contribution in [2.45, 2.75) is 19.4 Å². The van der Waals surface area contributed by atoms with Crippen molar-refractivity contribution in [3.8, 4) is 5.75 Å². The molecule has 0 saturated carbocycles. The number of amides is 2. The summed E-state index contributed by atoms with van der Waals surface area (Å²) in [6.07, 6.45) is 1.19. The van der Waals surface area contributed by atoms with Crippen LogP contribution in [0.3, 0.4) is 0 Å². The molecule has 2 heterocycles. The second-order valence-electron chi connectivity index (χ2n) is 8.98. The van der Waals surface area contributed by atoms with Gasteiger partial charge in [0.05, 0.1) is 12.8 Å². The molecule has 1 unspecified atom stereocenters. The summed E-state index contributed by atoms with van der Waals surface area (Å²) in [5.74, 6) is 0.878. The number of benzene rings is 2. The molecular formula is C25H35N5O2. The summed E-state index contributed by atoms with van der Waals surface area (Å²) >= 11 is 0. The Labute approximate surface area is 191 Å². The number of hydrogen-bond acceptors (Lipinski definition) is 5. The number of methoxy groups -OCH3 is 1. The van der Waals surface area contributed by atoms with Gasteiger partial charge in [0.25, 0.3) is 0 Å². The van der Waals surface area contributed by atoms with Gasteiger partial charge in [-0.25, -0.2) is 4.79 Å². The maximum absolute atomic E-state index is 12.8. The number of nitrogens with one attached hydrogen (secondary N) is 1. The fourth-order valence-electron chi connectivity index (χ4n) is 4.55. The first kappa shape index (κ1) is 22.3. The zero-order chi connectivity index (χ0) is 22.7. The monoisotopic (exact) mass is 437 g/mol. The largest absolute Gasteiger partial charge is 0.495 e. The number of piperazine rings is 1. The average Bonchev–Trinajstić information content (AvgIpc) is 3.30. The van der Waals surface area contributed by atoms with Crippen molar-refractivity contribution in [2.24, 2.45) is 0 Å². The number of nitrogens with zero attached hydrogens (tertiary/aromatic N) is 4. The lowest BCUT2D eigenvalue weighted by molar-refractivity contribution is 0.208. The first-order valence-corrected chi connectivity index (χ1v) is 11.4. The van der Waals surface area contributed by atoms with Crippen LogP contribution in [0.15, 0.2) is 42.5 Å². The van der Waals surface area contributed by atoms with Crippen molar-refractivity contribution >= 4 is 23.1 Å². The smallest absolute Gasteiger partial charge is 0.321 e. The molecule has 2 fully saturated rings. The van der Waals surface area contributed by atoms with Gasteiger partial charge in [-0.1, -0.05) is 6.07 Å². The fraction of sp³-hybridized carbons (Fsp3) is 0.480. The Kier molecular flexibility index (Phi) is 6.74. The Morgan fingerprint density at radius 1 is 1.00 bits per heavy atom. The maximum atomic E-state index is 12.8. The van der Waals surface area contributed by atoms with Crippen LogP contribution in [0, 0.1) is 6.92 Å². The number of carbonyl (C=O) groups is 1. The zero-order valence-corrected chi connectivity index (χ0v) is 19.7. The zero-order valence-electron chi connectivity index (χ0n) is 19.7. The number of ether oxygens (including phenoxy) is 1. The summed E-state index contributed by atoms with van der Waals surface area (Å²) in [7, 11) is 5.99. The number of carbonyl (C=O) groups excluding carboxylic acids is 1. The molecule has 2 aromatic rings. The van der Waals surface area contributed by atoms with Gasteiger partial charge in [0.2, 0.25) is 0 Å². The van der Waals surface area contributed by atoms with E-state index in [-0.39, 0.29) is 6.03 Å². The van der Waals surface area contributed by atoms with Crippen LogP contribution in [-0.2, 0) is 0 Å². The lowest BCUT2D eigenvalue weighted by Crippen LogP contribution is -2.50. The van der Waals surface area contributed by atoms with Gasteiger partial charge in [-0.05, 0) is 69.4 Å². The Bertz CT molecular complexity index is 922.